The summed E-state index contributed by atoms with van der Waals surface area (Å²) in [6, 6.07) is 29.9. The molecule has 3 aromatic rings. The van der Waals surface area contributed by atoms with E-state index in [9.17, 15) is 9.59 Å². The van der Waals surface area contributed by atoms with Crippen molar-refractivity contribution >= 4 is 11.8 Å². The van der Waals surface area contributed by atoms with E-state index in [0.29, 0.717) is 12.8 Å². The number of nitrogens with zero attached hydrogens (tertiary/aromatic N) is 1. The Morgan fingerprint density at radius 1 is 0.793 bits per heavy atom. The molecule has 1 heterocycles. The van der Waals surface area contributed by atoms with E-state index in [1.54, 1.807) is 4.90 Å². The monoisotopic (exact) mass is 381 g/mol. The molecule has 144 valence electrons. The first-order valence-electron chi connectivity index (χ1n) is 10.2. The number of imide groups is 1. The fourth-order valence-corrected chi connectivity index (χ4v) is 4.91. The van der Waals surface area contributed by atoms with E-state index in [-0.39, 0.29) is 23.8 Å². The fraction of sp³-hybridized carbons (Fsp3) is 0.231. The van der Waals surface area contributed by atoms with E-state index >= 15 is 0 Å². The molecule has 2 fully saturated rings. The maximum absolute atomic E-state index is 14.0. The highest BCUT2D eigenvalue weighted by Crippen LogP contribution is 2.62. The van der Waals surface area contributed by atoms with Crippen LogP contribution in [0.4, 0.5) is 0 Å². The predicted octanol–water partition coefficient (Wildman–Crippen LogP) is 5.00. The first kappa shape index (κ1) is 17.9. The molecule has 5 rings (SSSR count). The van der Waals surface area contributed by atoms with Crippen molar-refractivity contribution < 1.29 is 9.59 Å². The summed E-state index contributed by atoms with van der Waals surface area (Å²) in [5.74, 6) is -0.00444. The molecular formula is C26H23NO2. The average molecular weight is 381 g/mol. The van der Waals surface area contributed by atoms with Crippen LogP contribution in [-0.4, -0.2) is 16.7 Å². The molecule has 29 heavy (non-hydrogen) atoms. The summed E-state index contributed by atoms with van der Waals surface area (Å²) in [5.41, 5.74) is 2.54. The maximum atomic E-state index is 14.0. The molecule has 0 N–H and O–H groups in total. The van der Waals surface area contributed by atoms with Crippen LogP contribution in [0.5, 0.6) is 0 Å². The number of rotatable bonds is 4. The Kier molecular flexibility index (Phi) is 4.31. The zero-order valence-electron chi connectivity index (χ0n) is 16.2. The second-order valence-corrected chi connectivity index (χ2v) is 8.04. The molecule has 3 atom stereocenters. The molecule has 3 heteroatoms. The molecule has 2 aliphatic rings. The van der Waals surface area contributed by atoms with Crippen LogP contribution < -0.4 is 0 Å². The summed E-state index contributed by atoms with van der Waals surface area (Å²) in [4.78, 5) is 28.4. The van der Waals surface area contributed by atoms with Gasteiger partial charge in [-0.25, -0.2) is 0 Å². The molecule has 0 radical (unpaired) electrons. The molecular weight excluding hydrogens is 358 g/mol. The van der Waals surface area contributed by atoms with Gasteiger partial charge in [0.15, 0.2) is 0 Å². The van der Waals surface area contributed by atoms with Crippen LogP contribution >= 0.6 is 0 Å². The second-order valence-electron chi connectivity index (χ2n) is 8.04. The van der Waals surface area contributed by atoms with Crippen molar-refractivity contribution in [1.29, 1.82) is 0 Å². The zero-order chi connectivity index (χ0) is 19.8. The second kappa shape index (κ2) is 7.00. The van der Waals surface area contributed by atoms with Crippen LogP contribution in [0.3, 0.4) is 0 Å². The third-order valence-electron chi connectivity index (χ3n) is 6.45. The SMILES string of the molecule is O=C1CC[C@H](c2ccccc2)N1C(=O)[C@]1(c2ccccc2)C[C@H]1c1ccccc1. The summed E-state index contributed by atoms with van der Waals surface area (Å²) in [7, 11) is 0. The lowest BCUT2D eigenvalue weighted by molar-refractivity contribution is -0.146. The normalized spacial score (nSPS) is 25.8. The standard InChI is InChI=1S/C26H23NO2/c28-24-17-16-23(20-12-6-2-7-13-20)27(24)25(29)26(21-14-8-3-9-15-21)18-22(26)19-10-4-1-5-11-19/h1-15,22-23H,16-18H2/t22-,23+,26-/m0/s1. The largest absolute Gasteiger partial charge is 0.274 e. The Morgan fingerprint density at radius 3 is 1.97 bits per heavy atom. The van der Waals surface area contributed by atoms with E-state index in [1.165, 1.54) is 0 Å². The molecule has 1 aliphatic carbocycles. The quantitative estimate of drug-likeness (QED) is 0.596. The van der Waals surface area contributed by atoms with Crippen LogP contribution in [0.25, 0.3) is 0 Å². The highest BCUT2D eigenvalue weighted by Gasteiger charge is 2.64. The molecule has 0 unspecified atom stereocenters. The number of carbonyl (C=O) groups is 2. The smallest absolute Gasteiger partial charge is 0.241 e. The molecule has 1 saturated heterocycles. The summed E-state index contributed by atoms with van der Waals surface area (Å²) in [5, 5.41) is 0. The first-order chi connectivity index (χ1) is 14.2. The van der Waals surface area contributed by atoms with Gasteiger partial charge in [-0.3, -0.25) is 14.5 Å². The number of hydrogen-bond donors (Lipinski definition) is 0. The lowest BCUT2D eigenvalue weighted by Crippen LogP contribution is -2.42. The summed E-state index contributed by atoms with van der Waals surface area (Å²) in [6.45, 7) is 0. The van der Waals surface area contributed by atoms with Crippen molar-refractivity contribution in [3.8, 4) is 0 Å². The van der Waals surface area contributed by atoms with Crippen LogP contribution in [-0.2, 0) is 15.0 Å². The van der Waals surface area contributed by atoms with E-state index in [4.69, 9.17) is 0 Å². The Bertz CT molecular complexity index is 1030. The minimum Gasteiger partial charge on any atom is -0.274 e. The van der Waals surface area contributed by atoms with Gasteiger partial charge in [0.2, 0.25) is 11.8 Å². The number of likely N-dealkylation sites (tertiary alicyclic amines) is 1. The third kappa shape index (κ3) is 2.89. The molecule has 0 spiro atoms. The van der Waals surface area contributed by atoms with Crippen LogP contribution in [0, 0.1) is 0 Å². The number of hydrogen-bond acceptors (Lipinski definition) is 2. The Hall–Kier alpha value is -3.20. The molecule has 3 nitrogen and oxygen atoms in total. The van der Waals surface area contributed by atoms with Crippen molar-refractivity contribution in [2.45, 2.75) is 36.6 Å². The van der Waals surface area contributed by atoms with Gasteiger partial charge in [-0.2, -0.15) is 0 Å². The van der Waals surface area contributed by atoms with E-state index < -0.39 is 5.41 Å². The van der Waals surface area contributed by atoms with Gasteiger partial charge < -0.3 is 0 Å². The van der Waals surface area contributed by atoms with Crippen LogP contribution in [0.1, 0.15) is 47.9 Å². The summed E-state index contributed by atoms with van der Waals surface area (Å²) in [6.07, 6.45) is 1.85. The number of benzene rings is 3. The van der Waals surface area contributed by atoms with E-state index in [0.717, 1.165) is 23.1 Å². The van der Waals surface area contributed by atoms with Crippen molar-refractivity contribution in [1.82, 2.24) is 4.90 Å². The lowest BCUT2D eigenvalue weighted by atomic mass is 9.88. The third-order valence-corrected chi connectivity index (χ3v) is 6.45. The van der Waals surface area contributed by atoms with Crippen LogP contribution in [0.15, 0.2) is 91.0 Å². The van der Waals surface area contributed by atoms with E-state index in [2.05, 4.69) is 12.1 Å². The first-order valence-corrected chi connectivity index (χ1v) is 10.2. The van der Waals surface area contributed by atoms with Gasteiger partial charge in [0.1, 0.15) is 0 Å². The Morgan fingerprint density at radius 2 is 1.34 bits per heavy atom. The minimum atomic E-state index is -0.657. The van der Waals surface area contributed by atoms with Crippen molar-refractivity contribution in [2.24, 2.45) is 0 Å². The predicted molar refractivity (Wildman–Crippen MR) is 112 cm³/mol. The van der Waals surface area contributed by atoms with Crippen molar-refractivity contribution in [3.05, 3.63) is 108 Å². The van der Waals surface area contributed by atoms with Gasteiger partial charge in [0.25, 0.3) is 0 Å². The average Bonchev–Trinajstić information content (AvgIpc) is 3.44. The topological polar surface area (TPSA) is 37.4 Å². The highest BCUT2D eigenvalue weighted by molar-refractivity contribution is 6.05. The van der Waals surface area contributed by atoms with Crippen LogP contribution in [0.2, 0.25) is 0 Å². The molecule has 1 saturated carbocycles. The van der Waals surface area contributed by atoms with Gasteiger partial charge in [0.05, 0.1) is 11.5 Å². The molecule has 3 aromatic carbocycles. The van der Waals surface area contributed by atoms with E-state index in [1.807, 2.05) is 78.9 Å². The molecule has 0 bridgehead atoms. The van der Waals surface area contributed by atoms with Crippen molar-refractivity contribution in [3.63, 3.8) is 0 Å². The zero-order valence-corrected chi connectivity index (χ0v) is 16.2. The maximum Gasteiger partial charge on any atom is 0.241 e. The minimum absolute atomic E-state index is 0.0473. The van der Waals surface area contributed by atoms with Gasteiger partial charge >= 0.3 is 0 Å². The van der Waals surface area contributed by atoms with Gasteiger partial charge in [-0.05, 0) is 29.5 Å². The highest BCUT2D eigenvalue weighted by atomic mass is 16.2. The molecule has 1 aliphatic heterocycles. The molecule has 0 aromatic heterocycles. The molecule has 2 amide bonds. The van der Waals surface area contributed by atoms with Gasteiger partial charge in [0, 0.05) is 12.3 Å². The van der Waals surface area contributed by atoms with Crippen molar-refractivity contribution in [2.75, 3.05) is 0 Å². The van der Waals surface area contributed by atoms with Gasteiger partial charge in [-0.15, -0.1) is 0 Å². The lowest BCUT2D eigenvalue weighted by Gasteiger charge is -2.29. The number of carbonyl (C=O) groups excluding carboxylic acids is 2. The summed E-state index contributed by atoms with van der Waals surface area (Å²) < 4.78 is 0. The number of amides is 2. The van der Waals surface area contributed by atoms with Gasteiger partial charge in [-0.1, -0.05) is 91.0 Å². The Labute approximate surface area is 171 Å². The fourth-order valence-electron chi connectivity index (χ4n) is 4.91. The Balaban J connectivity index is 1.56. The summed E-state index contributed by atoms with van der Waals surface area (Å²) >= 11 is 0.